The van der Waals surface area contributed by atoms with Gasteiger partial charge in [-0.05, 0) is 36.4 Å². The van der Waals surface area contributed by atoms with Crippen LogP contribution in [0.1, 0.15) is 15.9 Å². The van der Waals surface area contributed by atoms with Gasteiger partial charge in [-0.3, -0.25) is 4.79 Å². The first kappa shape index (κ1) is 12.7. The quantitative estimate of drug-likeness (QED) is 0.785. The third kappa shape index (κ3) is 2.90. The van der Waals surface area contributed by atoms with Crippen LogP contribution >= 0.6 is 0 Å². The number of aldehydes is 1. The molecule has 0 heterocycles. The zero-order valence-electron chi connectivity index (χ0n) is 10.3. The fourth-order valence-electron chi connectivity index (χ4n) is 1.56. The van der Waals surface area contributed by atoms with Gasteiger partial charge >= 0.3 is 0 Å². The lowest BCUT2D eigenvalue weighted by molar-refractivity contribution is 0.112. The Kier molecular flexibility index (Phi) is 3.79. The Hall–Kier alpha value is -2.80. The Balaban J connectivity index is 2.27. The molecular formula is C15H11NO3. The number of nitrogens with zero attached hydrogens (tertiary/aromatic N) is 1. The summed E-state index contributed by atoms with van der Waals surface area (Å²) in [7, 11) is 1.51. The highest BCUT2D eigenvalue weighted by Gasteiger charge is 2.07. The van der Waals surface area contributed by atoms with Gasteiger partial charge in [-0.25, -0.2) is 0 Å². The predicted molar refractivity (Wildman–Crippen MR) is 69.6 cm³/mol. The van der Waals surface area contributed by atoms with Crippen molar-refractivity contribution in [2.75, 3.05) is 7.11 Å². The Bertz CT molecular complexity index is 627. The van der Waals surface area contributed by atoms with Crippen molar-refractivity contribution in [2.24, 2.45) is 0 Å². The Morgan fingerprint density at radius 3 is 2.42 bits per heavy atom. The van der Waals surface area contributed by atoms with Gasteiger partial charge in [0.2, 0.25) is 0 Å². The number of nitriles is 1. The van der Waals surface area contributed by atoms with E-state index in [-0.39, 0.29) is 0 Å². The lowest BCUT2D eigenvalue weighted by atomic mass is 10.2. The van der Waals surface area contributed by atoms with E-state index in [4.69, 9.17) is 14.7 Å². The van der Waals surface area contributed by atoms with E-state index in [1.165, 1.54) is 7.11 Å². The number of hydrogen-bond acceptors (Lipinski definition) is 4. The van der Waals surface area contributed by atoms with Gasteiger partial charge in [0.15, 0.2) is 11.5 Å². The molecule has 0 unspecified atom stereocenters. The fraction of sp³-hybridized carbons (Fsp3) is 0.0667. The Labute approximate surface area is 110 Å². The average Bonchev–Trinajstić information content (AvgIpc) is 2.48. The van der Waals surface area contributed by atoms with E-state index in [0.29, 0.717) is 28.4 Å². The first-order valence-electron chi connectivity index (χ1n) is 5.58. The van der Waals surface area contributed by atoms with Crippen LogP contribution in [0, 0.1) is 11.3 Å². The van der Waals surface area contributed by atoms with Gasteiger partial charge in [0.1, 0.15) is 12.0 Å². The summed E-state index contributed by atoms with van der Waals surface area (Å²) in [5, 5.41) is 8.82. The highest BCUT2D eigenvalue weighted by atomic mass is 16.5. The van der Waals surface area contributed by atoms with Crippen molar-refractivity contribution in [3.8, 4) is 23.3 Å². The fourth-order valence-corrected chi connectivity index (χ4v) is 1.56. The van der Waals surface area contributed by atoms with Crippen molar-refractivity contribution in [3.05, 3.63) is 53.6 Å². The minimum absolute atomic E-state index is 0.485. The van der Waals surface area contributed by atoms with E-state index < -0.39 is 0 Å². The topological polar surface area (TPSA) is 59.3 Å². The summed E-state index contributed by atoms with van der Waals surface area (Å²) in [5.41, 5.74) is 1.08. The number of methoxy groups -OCH3 is 1. The van der Waals surface area contributed by atoms with Gasteiger partial charge in [-0.15, -0.1) is 0 Å². The summed E-state index contributed by atoms with van der Waals surface area (Å²) >= 11 is 0. The molecule has 4 heteroatoms. The lowest BCUT2D eigenvalue weighted by Crippen LogP contribution is -1.91. The maximum Gasteiger partial charge on any atom is 0.169 e. The van der Waals surface area contributed by atoms with Crippen LogP contribution in [-0.2, 0) is 0 Å². The van der Waals surface area contributed by atoms with E-state index in [1.54, 1.807) is 42.5 Å². The predicted octanol–water partition coefficient (Wildman–Crippen LogP) is 3.17. The monoisotopic (exact) mass is 253 g/mol. The van der Waals surface area contributed by atoms with Crippen molar-refractivity contribution in [1.29, 1.82) is 5.26 Å². The molecule has 0 N–H and O–H groups in total. The molecular weight excluding hydrogens is 242 g/mol. The van der Waals surface area contributed by atoms with Crippen molar-refractivity contribution in [3.63, 3.8) is 0 Å². The number of carbonyl (C=O) groups is 1. The molecule has 0 aliphatic heterocycles. The largest absolute Gasteiger partial charge is 0.493 e. The summed E-state index contributed by atoms with van der Waals surface area (Å²) in [4.78, 5) is 10.6. The number of carbonyl (C=O) groups excluding carboxylic acids is 1. The van der Waals surface area contributed by atoms with Crippen LogP contribution in [0.15, 0.2) is 42.5 Å². The molecule has 0 aliphatic rings. The maximum atomic E-state index is 10.6. The molecule has 0 atom stereocenters. The molecule has 0 saturated heterocycles. The highest BCUT2D eigenvalue weighted by molar-refractivity contribution is 5.74. The third-order valence-corrected chi connectivity index (χ3v) is 2.54. The molecule has 94 valence electrons. The summed E-state index contributed by atoms with van der Waals surface area (Å²) in [6.07, 6.45) is 0.770. The van der Waals surface area contributed by atoms with Crippen molar-refractivity contribution in [2.45, 2.75) is 0 Å². The van der Waals surface area contributed by atoms with Crippen molar-refractivity contribution < 1.29 is 14.3 Å². The van der Waals surface area contributed by atoms with E-state index in [1.807, 2.05) is 6.07 Å². The molecule has 0 aromatic heterocycles. The molecule has 0 spiro atoms. The van der Waals surface area contributed by atoms with Crippen LogP contribution in [0.25, 0.3) is 0 Å². The van der Waals surface area contributed by atoms with E-state index in [0.717, 1.165) is 6.29 Å². The molecule has 0 amide bonds. The van der Waals surface area contributed by atoms with Gasteiger partial charge in [0, 0.05) is 11.6 Å². The minimum Gasteiger partial charge on any atom is -0.493 e. The van der Waals surface area contributed by atoms with Crippen LogP contribution in [0.5, 0.6) is 17.2 Å². The molecule has 2 aromatic rings. The van der Waals surface area contributed by atoms with E-state index in [9.17, 15) is 4.79 Å². The normalized spacial score (nSPS) is 9.47. The minimum atomic E-state index is 0.485. The third-order valence-electron chi connectivity index (χ3n) is 2.54. The number of rotatable bonds is 4. The second-order valence-corrected chi connectivity index (χ2v) is 3.77. The maximum absolute atomic E-state index is 10.6. The van der Waals surface area contributed by atoms with Gasteiger partial charge in [-0.1, -0.05) is 0 Å². The highest BCUT2D eigenvalue weighted by Crippen LogP contribution is 2.32. The zero-order valence-corrected chi connectivity index (χ0v) is 10.3. The second kappa shape index (κ2) is 5.69. The summed E-state index contributed by atoms with van der Waals surface area (Å²) < 4.78 is 10.8. The molecule has 0 aliphatic carbocycles. The zero-order chi connectivity index (χ0) is 13.7. The SMILES string of the molecule is COc1cc(C#N)ccc1Oc1ccc(C=O)cc1. The van der Waals surface area contributed by atoms with Gasteiger partial charge in [-0.2, -0.15) is 5.26 Å². The van der Waals surface area contributed by atoms with Crippen LogP contribution in [0.3, 0.4) is 0 Å². The van der Waals surface area contributed by atoms with Gasteiger partial charge in [0.25, 0.3) is 0 Å². The van der Waals surface area contributed by atoms with Gasteiger partial charge in [0.05, 0.1) is 18.7 Å². The van der Waals surface area contributed by atoms with Crippen LogP contribution in [0.4, 0.5) is 0 Å². The van der Waals surface area contributed by atoms with Crippen LogP contribution in [0.2, 0.25) is 0 Å². The van der Waals surface area contributed by atoms with E-state index in [2.05, 4.69) is 0 Å². The van der Waals surface area contributed by atoms with E-state index >= 15 is 0 Å². The Morgan fingerprint density at radius 2 is 1.84 bits per heavy atom. The molecule has 2 rings (SSSR count). The molecule has 0 bridgehead atoms. The molecule has 0 fully saturated rings. The van der Waals surface area contributed by atoms with Crippen LogP contribution < -0.4 is 9.47 Å². The van der Waals surface area contributed by atoms with Crippen LogP contribution in [-0.4, -0.2) is 13.4 Å². The van der Waals surface area contributed by atoms with Crippen molar-refractivity contribution >= 4 is 6.29 Å². The molecule has 0 saturated carbocycles. The molecule has 19 heavy (non-hydrogen) atoms. The summed E-state index contributed by atoms with van der Waals surface area (Å²) in [5.74, 6) is 1.59. The summed E-state index contributed by atoms with van der Waals surface area (Å²) in [6, 6.07) is 13.7. The average molecular weight is 253 g/mol. The lowest BCUT2D eigenvalue weighted by Gasteiger charge is -2.10. The first-order chi connectivity index (χ1) is 9.26. The molecule has 2 aromatic carbocycles. The van der Waals surface area contributed by atoms with Crippen molar-refractivity contribution in [1.82, 2.24) is 0 Å². The second-order valence-electron chi connectivity index (χ2n) is 3.77. The number of ether oxygens (including phenoxy) is 2. The number of benzene rings is 2. The van der Waals surface area contributed by atoms with Gasteiger partial charge < -0.3 is 9.47 Å². The standard InChI is InChI=1S/C15H11NO3/c1-18-15-8-12(9-16)4-7-14(15)19-13-5-2-11(10-17)3-6-13/h2-8,10H,1H3. The summed E-state index contributed by atoms with van der Waals surface area (Å²) in [6.45, 7) is 0. The smallest absolute Gasteiger partial charge is 0.169 e. The number of hydrogen-bond donors (Lipinski definition) is 0. The molecule has 4 nitrogen and oxygen atoms in total. The molecule has 0 radical (unpaired) electrons. The first-order valence-corrected chi connectivity index (χ1v) is 5.58. The Morgan fingerprint density at radius 1 is 1.11 bits per heavy atom.